The van der Waals surface area contributed by atoms with E-state index in [4.69, 9.17) is 12.2 Å². The molecule has 4 nitrogen and oxygen atoms in total. The van der Waals surface area contributed by atoms with Crippen LogP contribution in [0.2, 0.25) is 0 Å². The minimum Gasteiger partial charge on any atom is -0.366 e. The van der Waals surface area contributed by atoms with Crippen LogP contribution >= 0.6 is 12.2 Å². The van der Waals surface area contributed by atoms with Gasteiger partial charge in [-0.25, -0.2) is 0 Å². The first kappa shape index (κ1) is 18.9. The van der Waals surface area contributed by atoms with Crippen molar-refractivity contribution in [3.05, 3.63) is 75.6 Å². The van der Waals surface area contributed by atoms with Crippen LogP contribution < -0.4 is 16.2 Å². The van der Waals surface area contributed by atoms with Crippen LogP contribution in [0.4, 0.5) is 18.9 Å². The molecule has 0 aliphatic carbocycles. The van der Waals surface area contributed by atoms with Gasteiger partial charge in [0.2, 0.25) is 5.56 Å². The van der Waals surface area contributed by atoms with Gasteiger partial charge in [0, 0.05) is 29.7 Å². The molecule has 0 radical (unpaired) electrons. The van der Waals surface area contributed by atoms with Crippen molar-refractivity contribution in [1.82, 2.24) is 10.3 Å². The third-order valence-electron chi connectivity index (χ3n) is 4.06. The number of pyridine rings is 1. The fourth-order valence-electron chi connectivity index (χ4n) is 2.78. The Balaban J connectivity index is 1.90. The monoisotopic (exact) mass is 391 g/mol. The number of alkyl halides is 3. The van der Waals surface area contributed by atoms with Crippen LogP contribution in [-0.2, 0) is 12.6 Å². The second kappa shape index (κ2) is 7.40. The summed E-state index contributed by atoms with van der Waals surface area (Å²) in [5.41, 5.74) is 0.931. The van der Waals surface area contributed by atoms with E-state index in [1.54, 1.807) is 13.1 Å². The Morgan fingerprint density at radius 1 is 1.07 bits per heavy atom. The average molecular weight is 391 g/mol. The van der Waals surface area contributed by atoms with Crippen molar-refractivity contribution >= 4 is 33.9 Å². The molecule has 0 spiro atoms. The van der Waals surface area contributed by atoms with E-state index >= 15 is 0 Å². The number of H-pyrrole nitrogens is 1. The molecule has 0 amide bonds. The van der Waals surface area contributed by atoms with E-state index in [1.165, 1.54) is 12.1 Å². The number of thiocarbonyl (C=S) groups is 1. The lowest BCUT2D eigenvalue weighted by atomic mass is 10.0. The summed E-state index contributed by atoms with van der Waals surface area (Å²) in [5.74, 6) is 0. The van der Waals surface area contributed by atoms with Gasteiger partial charge >= 0.3 is 6.18 Å². The summed E-state index contributed by atoms with van der Waals surface area (Å²) in [4.78, 5) is 13.9. The van der Waals surface area contributed by atoms with Crippen LogP contribution in [0.15, 0.2) is 53.3 Å². The summed E-state index contributed by atoms with van der Waals surface area (Å²) >= 11 is 5.03. The summed E-state index contributed by atoms with van der Waals surface area (Å²) in [5, 5.41) is 6.28. The molecule has 0 saturated heterocycles. The number of benzene rings is 2. The molecule has 3 N–H and O–H groups in total. The quantitative estimate of drug-likeness (QED) is 0.590. The molecular formula is C19H16F3N3OS. The minimum atomic E-state index is -4.59. The maximum atomic E-state index is 13.3. The van der Waals surface area contributed by atoms with Gasteiger partial charge in [0.25, 0.3) is 0 Å². The molecule has 1 aromatic heterocycles. The number of aromatic nitrogens is 1. The van der Waals surface area contributed by atoms with Gasteiger partial charge < -0.3 is 15.6 Å². The molecule has 3 rings (SSSR count). The van der Waals surface area contributed by atoms with Gasteiger partial charge in [-0.2, -0.15) is 13.2 Å². The first-order valence-corrected chi connectivity index (χ1v) is 8.48. The van der Waals surface area contributed by atoms with Crippen molar-refractivity contribution in [3.8, 4) is 0 Å². The molecule has 3 aromatic rings. The number of anilines is 1. The molecule has 2 aromatic carbocycles. The lowest BCUT2D eigenvalue weighted by molar-refractivity contribution is -0.136. The van der Waals surface area contributed by atoms with E-state index in [9.17, 15) is 18.0 Å². The first-order valence-electron chi connectivity index (χ1n) is 8.07. The molecule has 0 atom stereocenters. The van der Waals surface area contributed by atoms with Gasteiger partial charge in [-0.15, -0.1) is 0 Å². The van der Waals surface area contributed by atoms with Crippen molar-refractivity contribution in [2.24, 2.45) is 0 Å². The van der Waals surface area contributed by atoms with Crippen molar-refractivity contribution < 1.29 is 13.2 Å². The van der Waals surface area contributed by atoms with E-state index in [-0.39, 0.29) is 10.9 Å². The van der Waals surface area contributed by atoms with Crippen LogP contribution in [0.3, 0.4) is 0 Å². The van der Waals surface area contributed by atoms with Gasteiger partial charge in [0.1, 0.15) is 0 Å². The second-order valence-electron chi connectivity index (χ2n) is 6.00. The Bertz CT molecular complexity index is 1040. The smallest absolute Gasteiger partial charge is 0.366 e. The Morgan fingerprint density at radius 3 is 2.37 bits per heavy atom. The lowest BCUT2D eigenvalue weighted by Gasteiger charge is -2.12. The highest BCUT2D eigenvalue weighted by molar-refractivity contribution is 7.80. The highest BCUT2D eigenvalue weighted by atomic mass is 32.1. The minimum absolute atomic E-state index is 0.0164. The SMILES string of the molecule is CNC(=S)Nc1ccc(Cc2ccc3[nH]c(=O)cc(C(F)(F)F)c3c2)cc1. The van der Waals surface area contributed by atoms with Crippen molar-refractivity contribution in [3.63, 3.8) is 0 Å². The standard InChI is InChI=1S/C19H16F3N3OS/c1-23-18(27)24-13-5-2-11(3-6-13)8-12-4-7-16-14(9-12)15(19(20,21)22)10-17(26)25-16/h2-7,9-10H,8H2,1H3,(H,25,26)(H2,23,24,27). The zero-order valence-corrected chi connectivity index (χ0v) is 15.1. The van der Waals surface area contributed by atoms with Crippen LogP contribution in [0.5, 0.6) is 0 Å². The van der Waals surface area contributed by atoms with Crippen molar-refractivity contribution in [2.45, 2.75) is 12.6 Å². The number of fused-ring (bicyclic) bond motifs is 1. The van der Waals surface area contributed by atoms with Crippen molar-refractivity contribution in [2.75, 3.05) is 12.4 Å². The predicted octanol–water partition coefficient (Wildman–Crippen LogP) is 4.05. The maximum Gasteiger partial charge on any atom is 0.417 e. The van der Waals surface area contributed by atoms with E-state index in [0.29, 0.717) is 23.2 Å². The van der Waals surface area contributed by atoms with Crippen LogP contribution in [0, 0.1) is 0 Å². The Labute approximate surface area is 158 Å². The first-order chi connectivity index (χ1) is 12.8. The summed E-state index contributed by atoms with van der Waals surface area (Å²) < 4.78 is 39.8. The average Bonchev–Trinajstić information content (AvgIpc) is 2.62. The van der Waals surface area contributed by atoms with Gasteiger partial charge in [-0.1, -0.05) is 18.2 Å². The molecule has 0 aliphatic heterocycles. The molecule has 8 heteroatoms. The van der Waals surface area contributed by atoms with Crippen LogP contribution in [0.1, 0.15) is 16.7 Å². The van der Waals surface area contributed by atoms with E-state index in [0.717, 1.165) is 11.3 Å². The molecule has 0 fully saturated rings. The van der Waals surface area contributed by atoms with Gasteiger partial charge in [-0.05, 0) is 54.0 Å². The lowest BCUT2D eigenvalue weighted by Crippen LogP contribution is -2.23. The maximum absolute atomic E-state index is 13.3. The van der Waals surface area contributed by atoms with Gasteiger partial charge in [0.05, 0.1) is 5.56 Å². The third-order valence-corrected chi connectivity index (χ3v) is 4.37. The fraction of sp³-hybridized carbons (Fsp3) is 0.158. The van der Waals surface area contributed by atoms with Crippen LogP contribution in [-0.4, -0.2) is 17.1 Å². The number of hydrogen-bond acceptors (Lipinski definition) is 2. The van der Waals surface area contributed by atoms with Crippen molar-refractivity contribution in [1.29, 1.82) is 0 Å². The number of hydrogen-bond donors (Lipinski definition) is 3. The fourth-order valence-corrected chi connectivity index (χ4v) is 2.90. The Kier molecular flexibility index (Phi) is 5.18. The molecular weight excluding hydrogens is 375 g/mol. The summed E-state index contributed by atoms with van der Waals surface area (Å²) in [6, 6.07) is 12.7. The number of halogens is 3. The highest BCUT2D eigenvalue weighted by Gasteiger charge is 2.33. The second-order valence-corrected chi connectivity index (χ2v) is 6.41. The summed E-state index contributed by atoms with van der Waals surface area (Å²) in [7, 11) is 1.71. The molecule has 0 unspecified atom stereocenters. The largest absolute Gasteiger partial charge is 0.417 e. The summed E-state index contributed by atoms with van der Waals surface area (Å²) in [6.07, 6.45) is -4.13. The van der Waals surface area contributed by atoms with Gasteiger partial charge in [0.15, 0.2) is 5.11 Å². The van der Waals surface area contributed by atoms with Crippen LogP contribution in [0.25, 0.3) is 10.9 Å². The van der Waals surface area contributed by atoms with E-state index < -0.39 is 17.3 Å². The molecule has 140 valence electrons. The summed E-state index contributed by atoms with van der Waals surface area (Å²) in [6.45, 7) is 0. The predicted molar refractivity (Wildman–Crippen MR) is 104 cm³/mol. The van der Waals surface area contributed by atoms with E-state index in [1.807, 2.05) is 24.3 Å². The number of rotatable bonds is 3. The third kappa shape index (κ3) is 4.46. The normalized spacial score (nSPS) is 11.4. The number of nitrogens with one attached hydrogen (secondary N) is 3. The highest BCUT2D eigenvalue weighted by Crippen LogP contribution is 2.33. The molecule has 0 aliphatic rings. The zero-order valence-electron chi connectivity index (χ0n) is 14.3. The topological polar surface area (TPSA) is 56.9 Å². The number of aromatic amines is 1. The molecule has 0 bridgehead atoms. The molecule has 0 saturated carbocycles. The molecule has 1 heterocycles. The van der Waals surface area contributed by atoms with E-state index in [2.05, 4.69) is 15.6 Å². The Morgan fingerprint density at radius 2 is 1.74 bits per heavy atom. The Hall–Kier alpha value is -2.87. The zero-order chi connectivity index (χ0) is 19.6. The molecule has 27 heavy (non-hydrogen) atoms. The van der Waals surface area contributed by atoms with Gasteiger partial charge in [-0.3, -0.25) is 4.79 Å².